The molecule has 112 valence electrons. The quantitative estimate of drug-likeness (QED) is 0.842. The van der Waals surface area contributed by atoms with E-state index in [2.05, 4.69) is 17.9 Å². The van der Waals surface area contributed by atoms with Crippen molar-refractivity contribution in [1.29, 1.82) is 5.26 Å². The highest BCUT2D eigenvalue weighted by atomic mass is 16.5. The van der Waals surface area contributed by atoms with Gasteiger partial charge in [-0.1, -0.05) is 13.0 Å². The fourth-order valence-electron chi connectivity index (χ4n) is 2.44. The number of carbonyl (C=O) groups excluding carboxylic acids is 1. The second-order valence-corrected chi connectivity index (χ2v) is 5.16. The maximum Gasteiger partial charge on any atom is 0.263 e. The van der Waals surface area contributed by atoms with Gasteiger partial charge in [-0.2, -0.15) is 5.26 Å². The van der Waals surface area contributed by atoms with Gasteiger partial charge < -0.3 is 14.5 Å². The van der Waals surface area contributed by atoms with Crippen LogP contribution in [0.15, 0.2) is 24.3 Å². The van der Waals surface area contributed by atoms with Crippen LogP contribution >= 0.6 is 0 Å². The van der Waals surface area contributed by atoms with Crippen LogP contribution < -0.4 is 4.74 Å². The molecule has 1 atom stereocenters. The standard InChI is InChI=1S/C16H21N3O2/c1-3-18-7-9-19(10-8-18)16(20)13(2)21-15-6-4-5-14(11-15)12-17/h4-6,11,13H,3,7-10H2,1-2H3. The molecule has 1 heterocycles. The number of nitriles is 1. The molecule has 0 radical (unpaired) electrons. The molecule has 1 saturated heterocycles. The summed E-state index contributed by atoms with van der Waals surface area (Å²) in [5, 5.41) is 8.87. The Bertz CT molecular complexity index is 531. The van der Waals surface area contributed by atoms with Gasteiger partial charge in [0.2, 0.25) is 0 Å². The molecule has 1 fully saturated rings. The molecule has 0 bridgehead atoms. The SMILES string of the molecule is CCN1CCN(C(=O)C(C)Oc2cccc(C#N)c2)CC1. The van der Waals surface area contributed by atoms with Crippen LogP contribution in [0.3, 0.4) is 0 Å². The average Bonchev–Trinajstić information content (AvgIpc) is 2.54. The van der Waals surface area contributed by atoms with E-state index in [1.807, 2.05) is 4.90 Å². The van der Waals surface area contributed by atoms with Crippen molar-refractivity contribution in [2.24, 2.45) is 0 Å². The van der Waals surface area contributed by atoms with Crippen molar-refractivity contribution in [3.8, 4) is 11.8 Å². The van der Waals surface area contributed by atoms with Crippen molar-refractivity contribution >= 4 is 5.91 Å². The Hall–Kier alpha value is -2.06. The summed E-state index contributed by atoms with van der Waals surface area (Å²) < 4.78 is 5.67. The number of piperazine rings is 1. The van der Waals surface area contributed by atoms with Gasteiger partial charge in [-0.15, -0.1) is 0 Å². The number of amides is 1. The molecule has 0 spiro atoms. The third kappa shape index (κ3) is 3.96. The minimum Gasteiger partial charge on any atom is -0.481 e. The Morgan fingerprint density at radius 3 is 2.71 bits per heavy atom. The van der Waals surface area contributed by atoms with Gasteiger partial charge in [-0.25, -0.2) is 0 Å². The number of carbonyl (C=O) groups is 1. The van der Waals surface area contributed by atoms with E-state index in [9.17, 15) is 4.79 Å². The van der Waals surface area contributed by atoms with Crippen molar-refractivity contribution in [3.05, 3.63) is 29.8 Å². The van der Waals surface area contributed by atoms with E-state index in [-0.39, 0.29) is 5.91 Å². The van der Waals surface area contributed by atoms with Gasteiger partial charge in [0.15, 0.2) is 6.10 Å². The summed E-state index contributed by atoms with van der Waals surface area (Å²) in [5.74, 6) is 0.565. The predicted octanol–water partition coefficient (Wildman–Crippen LogP) is 1.49. The number of rotatable bonds is 4. The highest BCUT2D eigenvalue weighted by Crippen LogP contribution is 2.15. The monoisotopic (exact) mass is 287 g/mol. The van der Waals surface area contributed by atoms with Gasteiger partial charge in [0, 0.05) is 26.2 Å². The van der Waals surface area contributed by atoms with Crippen LogP contribution in [0.1, 0.15) is 19.4 Å². The Morgan fingerprint density at radius 2 is 2.10 bits per heavy atom. The Kier molecular flexibility index (Phi) is 5.18. The number of nitrogens with zero attached hydrogens (tertiary/aromatic N) is 3. The number of hydrogen-bond acceptors (Lipinski definition) is 4. The molecule has 0 N–H and O–H groups in total. The maximum absolute atomic E-state index is 12.4. The van der Waals surface area contributed by atoms with E-state index in [0.29, 0.717) is 11.3 Å². The lowest BCUT2D eigenvalue weighted by Gasteiger charge is -2.35. The molecule has 1 aromatic carbocycles. The Labute approximate surface area is 125 Å². The molecule has 1 aliphatic rings. The molecule has 1 aliphatic heterocycles. The lowest BCUT2D eigenvalue weighted by Crippen LogP contribution is -2.51. The first-order chi connectivity index (χ1) is 10.1. The van der Waals surface area contributed by atoms with Crippen LogP contribution in [0.5, 0.6) is 5.75 Å². The Morgan fingerprint density at radius 1 is 1.38 bits per heavy atom. The third-order valence-electron chi connectivity index (χ3n) is 3.75. The molecule has 0 aromatic heterocycles. The molecule has 1 aromatic rings. The van der Waals surface area contributed by atoms with Gasteiger partial charge >= 0.3 is 0 Å². The van der Waals surface area contributed by atoms with Crippen LogP contribution in [0.4, 0.5) is 0 Å². The van der Waals surface area contributed by atoms with Crippen molar-refractivity contribution in [3.63, 3.8) is 0 Å². The fourth-order valence-corrected chi connectivity index (χ4v) is 2.44. The molecule has 5 nitrogen and oxygen atoms in total. The molecule has 1 amide bonds. The molecule has 0 saturated carbocycles. The Balaban J connectivity index is 1.92. The van der Waals surface area contributed by atoms with Crippen molar-refractivity contribution in [2.45, 2.75) is 20.0 Å². The summed E-state index contributed by atoms with van der Waals surface area (Å²) >= 11 is 0. The number of benzene rings is 1. The first kappa shape index (κ1) is 15.3. The summed E-state index contributed by atoms with van der Waals surface area (Å²) in [7, 11) is 0. The summed E-state index contributed by atoms with van der Waals surface area (Å²) in [6.07, 6.45) is -0.535. The van der Waals surface area contributed by atoms with Crippen LogP contribution in [-0.2, 0) is 4.79 Å². The van der Waals surface area contributed by atoms with E-state index in [1.54, 1.807) is 31.2 Å². The second kappa shape index (κ2) is 7.09. The zero-order chi connectivity index (χ0) is 15.2. The molecular weight excluding hydrogens is 266 g/mol. The van der Waals surface area contributed by atoms with E-state index in [1.165, 1.54) is 0 Å². The van der Waals surface area contributed by atoms with Gasteiger partial charge in [0.25, 0.3) is 5.91 Å². The highest BCUT2D eigenvalue weighted by Gasteiger charge is 2.25. The lowest BCUT2D eigenvalue weighted by molar-refractivity contribution is -0.139. The summed E-state index contributed by atoms with van der Waals surface area (Å²) in [5.41, 5.74) is 0.531. The van der Waals surface area contributed by atoms with Crippen molar-refractivity contribution in [2.75, 3.05) is 32.7 Å². The van der Waals surface area contributed by atoms with E-state index in [4.69, 9.17) is 10.00 Å². The van der Waals surface area contributed by atoms with Gasteiger partial charge in [0.1, 0.15) is 5.75 Å². The largest absolute Gasteiger partial charge is 0.481 e. The lowest BCUT2D eigenvalue weighted by atomic mass is 10.2. The fraction of sp³-hybridized carbons (Fsp3) is 0.500. The van der Waals surface area contributed by atoms with Crippen LogP contribution in [0.25, 0.3) is 0 Å². The number of hydrogen-bond donors (Lipinski definition) is 0. The topological polar surface area (TPSA) is 56.6 Å². The average molecular weight is 287 g/mol. The highest BCUT2D eigenvalue weighted by molar-refractivity contribution is 5.81. The summed E-state index contributed by atoms with van der Waals surface area (Å²) in [6, 6.07) is 8.95. The van der Waals surface area contributed by atoms with Crippen molar-refractivity contribution in [1.82, 2.24) is 9.80 Å². The maximum atomic E-state index is 12.4. The van der Waals surface area contributed by atoms with Gasteiger partial charge in [-0.3, -0.25) is 4.79 Å². The molecule has 5 heteroatoms. The first-order valence-electron chi connectivity index (χ1n) is 7.32. The van der Waals surface area contributed by atoms with E-state index in [0.717, 1.165) is 32.7 Å². The zero-order valence-electron chi connectivity index (χ0n) is 12.6. The third-order valence-corrected chi connectivity index (χ3v) is 3.75. The van der Waals surface area contributed by atoms with Crippen LogP contribution in [0, 0.1) is 11.3 Å². The van der Waals surface area contributed by atoms with Gasteiger partial charge in [-0.05, 0) is 31.7 Å². The second-order valence-electron chi connectivity index (χ2n) is 5.16. The first-order valence-corrected chi connectivity index (χ1v) is 7.32. The summed E-state index contributed by atoms with van der Waals surface area (Å²) in [4.78, 5) is 16.5. The molecule has 2 rings (SSSR count). The van der Waals surface area contributed by atoms with Gasteiger partial charge in [0.05, 0.1) is 11.6 Å². The van der Waals surface area contributed by atoms with Crippen LogP contribution in [-0.4, -0.2) is 54.5 Å². The molecular formula is C16H21N3O2. The minimum absolute atomic E-state index is 0.00751. The molecule has 21 heavy (non-hydrogen) atoms. The summed E-state index contributed by atoms with van der Waals surface area (Å²) in [6.45, 7) is 8.24. The normalized spacial score (nSPS) is 17.1. The smallest absolute Gasteiger partial charge is 0.263 e. The minimum atomic E-state index is -0.535. The predicted molar refractivity (Wildman–Crippen MR) is 79.9 cm³/mol. The number of ether oxygens (including phenoxy) is 1. The molecule has 1 unspecified atom stereocenters. The zero-order valence-corrected chi connectivity index (χ0v) is 12.6. The van der Waals surface area contributed by atoms with Crippen molar-refractivity contribution < 1.29 is 9.53 Å². The van der Waals surface area contributed by atoms with E-state index >= 15 is 0 Å². The van der Waals surface area contributed by atoms with E-state index < -0.39 is 6.10 Å². The van der Waals surface area contributed by atoms with Crippen LogP contribution in [0.2, 0.25) is 0 Å². The number of likely N-dealkylation sites (N-methyl/N-ethyl adjacent to an activating group) is 1. The molecule has 0 aliphatic carbocycles.